The molecule has 0 spiro atoms. The third-order valence-corrected chi connectivity index (χ3v) is 7.13. The molecule has 0 bridgehead atoms. The summed E-state index contributed by atoms with van der Waals surface area (Å²) < 4.78 is 19.7. The van der Waals surface area contributed by atoms with Gasteiger partial charge in [-0.2, -0.15) is 10.0 Å². The molecular weight excluding hydrogens is 435 g/mol. The summed E-state index contributed by atoms with van der Waals surface area (Å²) in [4.78, 5) is 15.0. The van der Waals surface area contributed by atoms with E-state index in [4.69, 9.17) is 16.1 Å². The van der Waals surface area contributed by atoms with Crippen molar-refractivity contribution < 1.29 is 13.7 Å². The van der Waals surface area contributed by atoms with Gasteiger partial charge in [-0.3, -0.25) is 4.79 Å². The van der Waals surface area contributed by atoms with Gasteiger partial charge in [0.1, 0.15) is 11.5 Å². The van der Waals surface area contributed by atoms with Gasteiger partial charge in [0, 0.05) is 17.2 Å². The first-order valence-electron chi connectivity index (χ1n) is 9.84. The normalized spacial score (nSPS) is 15.2. The number of rotatable bonds is 4. The van der Waals surface area contributed by atoms with E-state index >= 15 is 0 Å². The van der Waals surface area contributed by atoms with Crippen LogP contribution in [0.4, 0.5) is 10.1 Å². The lowest BCUT2D eigenvalue weighted by atomic mass is 10.1. The van der Waals surface area contributed by atoms with Crippen LogP contribution in [0.3, 0.4) is 0 Å². The molecule has 2 heterocycles. The van der Waals surface area contributed by atoms with Crippen molar-refractivity contribution in [1.82, 2.24) is 5.16 Å². The van der Waals surface area contributed by atoms with E-state index in [2.05, 4.69) is 23.9 Å². The van der Waals surface area contributed by atoms with E-state index < -0.39 is 10.0 Å². The number of hydrogen-bond donors (Lipinski definition) is 0. The Labute approximate surface area is 188 Å². The van der Waals surface area contributed by atoms with E-state index in [0.29, 0.717) is 33.1 Å². The first-order chi connectivity index (χ1) is 14.6. The predicted octanol–water partition coefficient (Wildman–Crippen LogP) is 6.22. The first-order valence-corrected chi connectivity index (χ1v) is 13.1. The van der Waals surface area contributed by atoms with Gasteiger partial charge in [0.2, 0.25) is 5.91 Å². The molecular formula is C24H24ClFN2O2S. The van der Waals surface area contributed by atoms with Crippen LogP contribution in [0.2, 0.25) is 0 Å². The standard InChI is InChI=1S/C24H24ClFN2O2S/c1-15-9-10-16(11-19(15)26)14-28-21-8-6-5-7-17(21)24(25)18(12-22(28)29)20-13-23(30-27-20)31(2,3)4/h5-11,13H,12,14H2,1-4H3. The van der Waals surface area contributed by atoms with Gasteiger partial charge in [-0.15, -0.1) is 0 Å². The fourth-order valence-corrected chi connectivity index (χ4v) is 4.55. The number of para-hydroxylation sites is 1. The molecule has 0 unspecified atom stereocenters. The zero-order valence-corrected chi connectivity index (χ0v) is 19.5. The molecule has 4 nitrogen and oxygen atoms in total. The number of nitrogens with zero attached hydrogens (tertiary/aromatic N) is 2. The Balaban J connectivity index is 1.77. The zero-order valence-electron chi connectivity index (χ0n) is 17.9. The lowest BCUT2D eigenvalue weighted by molar-refractivity contribution is -0.117. The highest BCUT2D eigenvalue weighted by Gasteiger charge is 2.29. The first kappa shape index (κ1) is 21.7. The fraction of sp³-hybridized carbons (Fsp3) is 0.250. The highest BCUT2D eigenvalue weighted by atomic mass is 35.5. The number of anilines is 1. The second-order valence-corrected chi connectivity index (χ2v) is 12.9. The number of amides is 1. The summed E-state index contributed by atoms with van der Waals surface area (Å²) in [5, 5.41) is 5.50. The van der Waals surface area contributed by atoms with Crippen LogP contribution in [0.15, 0.2) is 58.1 Å². The third kappa shape index (κ3) is 4.27. The number of benzene rings is 2. The van der Waals surface area contributed by atoms with Crippen LogP contribution in [0.1, 0.15) is 28.8 Å². The van der Waals surface area contributed by atoms with E-state index in [0.717, 1.165) is 10.7 Å². The minimum atomic E-state index is -1.11. The largest absolute Gasteiger partial charge is 0.351 e. The van der Waals surface area contributed by atoms with Crippen LogP contribution in [0, 0.1) is 12.7 Å². The van der Waals surface area contributed by atoms with Crippen LogP contribution in [-0.2, 0) is 11.3 Å². The third-order valence-electron chi connectivity index (χ3n) is 5.30. The monoisotopic (exact) mass is 458 g/mol. The Morgan fingerprint density at radius 1 is 1.16 bits per heavy atom. The summed E-state index contributed by atoms with van der Waals surface area (Å²) in [5.41, 5.74) is 3.93. The minimum Gasteiger partial charge on any atom is -0.351 e. The van der Waals surface area contributed by atoms with Gasteiger partial charge in [0.05, 0.1) is 23.7 Å². The molecule has 1 aliphatic rings. The molecule has 3 aromatic rings. The SMILES string of the molecule is Cc1ccc(CN2C(=O)CC(c3cc(S(C)(C)C)on3)=C(Cl)c3ccccc32)cc1F. The van der Waals surface area contributed by atoms with Crippen molar-refractivity contribution in [3.63, 3.8) is 0 Å². The molecule has 162 valence electrons. The number of halogens is 2. The van der Waals surface area contributed by atoms with Crippen LogP contribution in [0.5, 0.6) is 0 Å². The maximum Gasteiger partial charge on any atom is 0.231 e. The van der Waals surface area contributed by atoms with E-state index in [1.807, 2.05) is 36.4 Å². The quantitative estimate of drug-likeness (QED) is 0.466. The van der Waals surface area contributed by atoms with Gasteiger partial charge in [0.25, 0.3) is 0 Å². The van der Waals surface area contributed by atoms with Gasteiger partial charge in [0.15, 0.2) is 5.09 Å². The highest BCUT2D eigenvalue weighted by Crippen LogP contribution is 2.47. The molecule has 0 saturated heterocycles. The number of hydrogen-bond acceptors (Lipinski definition) is 3. The number of fused-ring (bicyclic) bond motifs is 1. The second-order valence-electron chi connectivity index (χ2n) is 8.42. The Hall–Kier alpha value is -2.57. The van der Waals surface area contributed by atoms with Crippen molar-refractivity contribution in [2.45, 2.75) is 25.0 Å². The molecule has 0 aliphatic carbocycles. The molecule has 4 rings (SSSR count). The fourth-order valence-electron chi connectivity index (χ4n) is 3.50. The molecule has 1 aliphatic heterocycles. The Morgan fingerprint density at radius 2 is 1.90 bits per heavy atom. The molecule has 0 saturated carbocycles. The van der Waals surface area contributed by atoms with Crippen molar-refractivity contribution in [2.24, 2.45) is 0 Å². The van der Waals surface area contributed by atoms with Crippen molar-refractivity contribution in [1.29, 1.82) is 0 Å². The van der Waals surface area contributed by atoms with Gasteiger partial charge in [-0.05, 0) is 49.0 Å². The molecule has 0 radical (unpaired) electrons. The Kier molecular flexibility index (Phi) is 5.71. The van der Waals surface area contributed by atoms with Crippen LogP contribution in [0.25, 0.3) is 10.6 Å². The predicted molar refractivity (Wildman–Crippen MR) is 126 cm³/mol. The highest BCUT2D eigenvalue weighted by molar-refractivity contribution is 8.32. The smallest absolute Gasteiger partial charge is 0.231 e. The van der Waals surface area contributed by atoms with Gasteiger partial charge in [-0.25, -0.2) is 4.39 Å². The van der Waals surface area contributed by atoms with Gasteiger partial charge < -0.3 is 9.42 Å². The summed E-state index contributed by atoms with van der Waals surface area (Å²) >= 11 is 6.82. The lowest BCUT2D eigenvalue weighted by Crippen LogP contribution is -2.30. The average Bonchev–Trinajstić information content (AvgIpc) is 3.19. The molecule has 7 heteroatoms. The summed E-state index contributed by atoms with van der Waals surface area (Å²) in [6.07, 6.45) is 6.42. The lowest BCUT2D eigenvalue weighted by Gasteiger charge is -2.23. The molecule has 0 fully saturated rings. The van der Waals surface area contributed by atoms with Crippen molar-refractivity contribution in [3.05, 3.63) is 76.7 Å². The van der Waals surface area contributed by atoms with Crippen LogP contribution >= 0.6 is 21.6 Å². The summed E-state index contributed by atoms with van der Waals surface area (Å²) in [6.45, 7) is 1.97. The molecule has 0 N–H and O–H groups in total. The Bertz CT molecular complexity index is 1200. The molecule has 2 aromatic carbocycles. The van der Waals surface area contributed by atoms with Crippen molar-refractivity contribution >= 4 is 43.8 Å². The van der Waals surface area contributed by atoms with E-state index in [-0.39, 0.29) is 24.7 Å². The zero-order chi connectivity index (χ0) is 22.3. The molecule has 0 atom stereocenters. The number of aryl methyl sites for hydroxylation is 1. The summed E-state index contributed by atoms with van der Waals surface area (Å²) in [5.74, 6) is -0.420. The maximum absolute atomic E-state index is 14.1. The van der Waals surface area contributed by atoms with E-state index in [1.54, 1.807) is 17.9 Å². The summed E-state index contributed by atoms with van der Waals surface area (Å²) in [7, 11) is -1.11. The van der Waals surface area contributed by atoms with Gasteiger partial charge >= 0.3 is 0 Å². The topological polar surface area (TPSA) is 46.3 Å². The maximum atomic E-state index is 14.1. The van der Waals surface area contributed by atoms with E-state index in [9.17, 15) is 9.18 Å². The molecule has 1 amide bonds. The van der Waals surface area contributed by atoms with Crippen LogP contribution < -0.4 is 4.90 Å². The molecule has 1 aromatic heterocycles. The van der Waals surface area contributed by atoms with Crippen molar-refractivity contribution in [2.75, 3.05) is 23.7 Å². The minimum absolute atomic E-state index is 0.0767. The number of carbonyl (C=O) groups is 1. The summed E-state index contributed by atoms with van der Waals surface area (Å²) in [6, 6.07) is 14.4. The number of carbonyl (C=O) groups excluding carboxylic acids is 1. The van der Waals surface area contributed by atoms with Crippen LogP contribution in [-0.4, -0.2) is 29.8 Å². The van der Waals surface area contributed by atoms with Crippen molar-refractivity contribution in [3.8, 4) is 0 Å². The Morgan fingerprint density at radius 3 is 2.58 bits per heavy atom. The average molecular weight is 459 g/mol. The number of aromatic nitrogens is 1. The molecule has 31 heavy (non-hydrogen) atoms. The van der Waals surface area contributed by atoms with Gasteiger partial charge in [-0.1, -0.05) is 47.1 Å². The van der Waals surface area contributed by atoms with E-state index in [1.165, 1.54) is 6.07 Å². The second kappa shape index (κ2) is 8.17.